The summed E-state index contributed by atoms with van der Waals surface area (Å²) in [4.78, 5) is 0. The van der Waals surface area contributed by atoms with Crippen molar-refractivity contribution in [2.75, 3.05) is 13.2 Å². The first-order valence-electron chi connectivity index (χ1n) is 6.67. The predicted octanol–water partition coefficient (Wildman–Crippen LogP) is 4.97. The number of benzene rings is 2. The zero-order valence-electron chi connectivity index (χ0n) is 11.6. The highest BCUT2D eigenvalue weighted by atomic mass is 79.9. The van der Waals surface area contributed by atoms with E-state index >= 15 is 0 Å². The molecule has 2 aromatic rings. The molecule has 21 heavy (non-hydrogen) atoms. The Morgan fingerprint density at radius 1 is 1.29 bits per heavy atom. The third-order valence-corrected chi connectivity index (χ3v) is 3.87. The average molecular weight is 373 g/mol. The van der Waals surface area contributed by atoms with Gasteiger partial charge in [-0.2, -0.15) is 0 Å². The van der Waals surface area contributed by atoms with Crippen LogP contribution in [0.1, 0.15) is 18.5 Å². The SMILES string of the molecule is CCNC(COc1cccc(Cl)c1)c1cccc(Br)c1F. The second-order valence-electron chi connectivity index (χ2n) is 4.52. The Kier molecular flexibility index (Phi) is 6.03. The van der Waals surface area contributed by atoms with E-state index in [9.17, 15) is 4.39 Å². The summed E-state index contributed by atoms with van der Waals surface area (Å²) in [7, 11) is 0. The van der Waals surface area contributed by atoms with E-state index in [0.29, 0.717) is 27.4 Å². The standard InChI is InChI=1S/C16H16BrClFNO/c1-2-20-15(13-7-4-8-14(17)16(13)19)10-21-12-6-3-5-11(18)9-12/h3-9,15,20H,2,10H2,1H3. The van der Waals surface area contributed by atoms with E-state index in [1.165, 1.54) is 0 Å². The van der Waals surface area contributed by atoms with Gasteiger partial charge in [-0.25, -0.2) is 4.39 Å². The summed E-state index contributed by atoms with van der Waals surface area (Å²) in [5.41, 5.74) is 0.577. The number of hydrogen-bond donors (Lipinski definition) is 1. The summed E-state index contributed by atoms with van der Waals surface area (Å²) in [6.45, 7) is 3.01. The van der Waals surface area contributed by atoms with Crippen LogP contribution in [0.4, 0.5) is 4.39 Å². The molecular weight excluding hydrogens is 357 g/mol. The number of likely N-dealkylation sites (N-methyl/N-ethyl adjacent to an activating group) is 1. The molecule has 0 saturated carbocycles. The van der Waals surface area contributed by atoms with Crippen molar-refractivity contribution in [3.05, 3.63) is 63.3 Å². The molecule has 0 bridgehead atoms. The summed E-state index contributed by atoms with van der Waals surface area (Å²) >= 11 is 9.13. The van der Waals surface area contributed by atoms with Gasteiger partial charge in [0.1, 0.15) is 18.2 Å². The number of rotatable bonds is 6. The Bertz CT molecular complexity index is 609. The van der Waals surface area contributed by atoms with Crippen LogP contribution >= 0.6 is 27.5 Å². The lowest BCUT2D eigenvalue weighted by molar-refractivity contribution is 0.265. The average Bonchev–Trinajstić information content (AvgIpc) is 2.47. The maximum atomic E-state index is 14.2. The largest absolute Gasteiger partial charge is 0.492 e. The predicted molar refractivity (Wildman–Crippen MR) is 87.5 cm³/mol. The Balaban J connectivity index is 2.14. The van der Waals surface area contributed by atoms with Crippen LogP contribution in [0.5, 0.6) is 5.75 Å². The van der Waals surface area contributed by atoms with Crippen LogP contribution in [-0.4, -0.2) is 13.2 Å². The summed E-state index contributed by atoms with van der Waals surface area (Å²) in [5, 5.41) is 3.85. The van der Waals surface area contributed by atoms with E-state index < -0.39 is 0 Å². The monoisotopic (exact) mass is 371 g/mol. The molecule has 1 atom stereocenters. The summed E-state index contributed by atoms with van der Waals surface area (Å²) in [6, 6.07) is 12.2. The van der Waals surface area contributed by atoms with Gasteiger partial charge in [0.15, 0.2) is 0 Å². The molecular formula is C16H16BrClFNO. The summed E-state index contributed by atoms with van der Waals surface area (Å²) in [5.74, 6) is 0.402. The van der Waals surface area contributed by atoms with Gasteiger partial charge in [-0.3, -0.25) is 0 Å². The van der Waals surface area contributed by atoms with Crippen LogP contribution in [0.2, 0.25) is 5.02 Å². The molecule has 0 fully saturated rings. The van der Waals surface area contributed by atoms with Gasteiger partial charge in [0.2, 0.25) is 0 Å². The van der Waals surface area contributed by atoms with Crippen molar-refractivity contribution in [1.29, 1.82) is 0 Å². The van der Waals surface area contributed by atoms with Crippen LogP contribution in [0.25, 0.3) is 0 Å². The second-order valence-corrected chi connectivity index (χ2v) is 5.81. The van der Waals surface area contributed by atoms with Gasteiger partial charge in [-0.1, -0.05) is 36.7 Å². The van der Waals surface area contributed by atoms with Crippen molar-refractivity contribution in [1.82, 2.24) is 5.32 Å². The van der Waals surface area contributed by atoms with E-state index in [-0.39, 0.29) is 11.9 Å². The maximum absolute atomic E-state index is 14.2. The molecule has 2 rings (SSSR count). The first-order valence-corrected chi connectivity index (χ1v) is 7.84. The first-order chi connectivity index (χ1) is 10.1. The molecule has 0 radical (unpaired) electrons. The molecule has 0 aliphatic carbocycles. The zero-order valence-corrected chi connectivity index (χ0v) is 13.9. The Morgan fingerprint density at radius 3 is 2.76 bits per heavy atom. The smallest absolute Gasteiger partial charge is 0.142 e. The van der Waals surface area contributed by atoms with Crippen molar-refractivity contribution in [3.8, 4) is 5.75 Å². The molecule has 0 aliphatic heterocycles. The minimum atomic E-state index is -0.266. The molecule has 112 valence electrons. The van der Waals surface area contributed by atoms with Gasteiger partial charge in [0.05, 0.1) is 10.5 Å². The lowest BCUT2D eigenvalue weighted by Crippen LogP contribution is -2.27. The molecule has 5 heteroatoms. The number of halogens is 3. The zero-order chi connectivity index (χ0) is 15.2. The van der Waals surface area contributed by atoms with Gasteiger partial charge in [-0.05, 0) is 46.7 Å². The molecule has 2 aromatic carbocycles. The molecule has 0 spiro atoms. The minimum absolute atomic E-state index is 0.230. The maximum Gasteiger partial charge on any atom is 0.142 e. The van der Waals surface area contributed by atoms with E-state index in [1.54, 1.807) is 24.3 Å². The van der Waals surface area contributed by atoms with Crippen LogP contribution in [-0.2, 0) is 0 Å². The van der Waals surface area contributed by atoms with E-state index in [4.69, 9.17) is 16.3 Å². The van der Waals surface area contributed by atoms with E-state index in [2.05, 4.69) is 21.2 Å². The molecule has 1 N–H and O–H groups in total. The number of nitrogens with one attached hydrogen (secondary N) is 1. The molecule has 1 unspecified atom stereocenters. The van der Waals surface area contributed by atoms with Crippen molar-refractivity contribution >= 4 is 27.5 Å². The third kappa shape index (κ3) is 4.43. The van der Waals surface area contributed by atoms with Crippen LogP contribution in [0.15, 0.2) is 46.9 Å². The first kappa shape index (κ1) is 16.3. The lowest BCUT2D eigenvalue weighted by atomic mass is 10.1. The Hall–Kier alpha value is -1.10. The van der Waals surface area contributed by atoms with Gasteiger partial charge in [-0.15, -0.1) is 0 Å². The molecule has 0 heterocycles. The van der Waals surface area contributed by atoms with Crippen LogP contribution in [0.3, 0.4) is 0 Å². The van der Waals surface area contributed by atoms with E-state index in [1.807, 2.05) is 25.1 Å². The van der Waals surface area contributed by atoms with Crippen LogP contribution < -0.4 is 10.1 Å². The highest BCUT2D eigenvalue weighted by Gasteiger charge is 2.17. The second kappa shape index (κ2) is 7.78. The van der Waals surface area contributed by atoms with Crippen LogP contribution in [0, 0.1) is 5.82 Å². The molecule has 2 nitrogen and oxygen atoms in total. The molecule has 0 aromatic heterocycles. The van der Waals surface area contributed by atoms with Crippen molar-refractivity contribution in [3.63, 3.8) is 0 Å². The number of hydrogen-bond acceptors (Lipinski definition) is 2. The Morgan fingerprint density at radius 2 is 2.05 bits per heavy atom. The molecule has 0 saturated heterocycles. The highest BCUT2D eigenvalue weighted by molar-refractivity contribution is 9.10. The fourth-order valence-electron chi connectivity index (χ4n) is 2.03. The van der Waals surface area contributed by atoms with Gasteiger partial charge in [0, 0.05) is 10.6 Å². The third-order valence-electron chi connectivity index (χ3n) is 3.02. The summed E-state index contributed by atoms with van der Waals surface area (Å²) < 4.78 is 20.4. The fraction of sp³-hybridized carbons (Fsp3) is 0.250. The minimum Gasteiger partial charge on any atom is -0.492 e. The van der Waals surface area contributed by atoms with Crippen molar-refractivity contribution in [2.45, 2.75) is 13.0 Å². The number of ether oxygens (including phenoxy) is 1. The summed E-state index contributed by atoms with van der Waals surface area (Å²) in [6.07, 6.45) is 0. The normalized spacial score (nSPS) is 12.2. The highest BCUT2D eigenvalue weighted by Crippen LogP contribution is 2.25. The van der Waals surface area contributed by atoms with E-state index in [0.717, 1.165) is 6.54 Å². The molecule has 0 amide bonds. The van der Waals surface area contributed by atoms with Crippen molar-refractivity contribution < 1.29 is 9.13 Å². The van der Waals surface area contributed by atoms with Gasteiger partial charge >= 0.3 is 0 Å². The van der Waals surface area contributed by atoms with Gasteiger partial charge < -0.3 is 10.1 Å². The quantitative estimate of drug-likeness (QED) is 0.773. The fourth-order valence-corrected chi connectivity index (χ4v) is 2.59. The van der Waals surface area contributed by atoms with Gasteiger partial charge in [0.25, 0.3) is 0 Å². The Labute approximate surface area is 137 Å². The molecule has 0 aliphatic rings. The lowest BCUT2D eigenvalue weighted by Gasteiger charge is -2.20. The van der Waals surface area contributed by atoms with Crippen molar-refractivity contribution in [2.24, 2.45) is 0 Å². The topological polar surface area (TPSA) is 21.3 Å².